The highest BCUT2D eigenvalue weighted by Crippen LogP contribution is 2.32. The molecule has 3 rings (SSSR count). The van der Waals surface area contributed by atoms with E-state index in [0.717, 1.165) is 16.8 Å². The molecule has 0 bridgehead atoms. The number of nitrogens with zero attached hydrogens (tertiary/aromatic N) is 2. The van der Waals surface area contributed by atoms with Crippen LogP contribution in [0.15, 0.2) is 52.4 Å². The standard InChI is InChI=1S/C23H25N3O4S/c1-5-29-19-12-16(8-11-18(19)30-14-21(27)26(3)4)13-20-22(28)25-23(31-20)24-17-9-6-15(2)7-10-17/h6-13H,5,14H2,1-4H3,(H,24,25,28)/b20-13+. The first-order valence-electron chi connectivity index (χ1n) is 9.81. The molecule has 162 valence electrons. The Morgan fingerprint density at radius 3 is 2.55 bits per heavy atom. The molecule has 0 spiro atoms. The molecule has 1 N–H and O–H groups in total. The van der Waals surface area contributed by atoms with Crippen LogP contribution in [0.1, 0.15) is 18.1 Å². The van der Waals surface area contributed by atoms with E-state index in [9.17, 15) is 9.59 Å². The molecule has 0 aromatic heterocycles. The minimum atomic E-state index is -0.203. The monoisotopic (exact) mass is 439 g/mol. The first kappa shape index (κ1) is 22.4. The van der Waals surface area contributed by atoms with Gasteiger partial charge in [0.1, 0.15) is 0 Å². The Kier molecular flexibility index (Phi) is 7.36. The van der Waals surface area contributed by atoms with Gasteiger partial charge in [-0.15, -0.1) is 0 Å². The third kappa shape index (κ3) is 6.11. The van der Waals surface area contributed by atoms with Crippen LogP contribution in [0.3, 0.4) is 0 Å². The van der Waals surface area contributed by atoms with Gasteiger partial charge in [0, 0.05) is 14.1 Å². The van der Waals surface area contributed by atoms with Crippen LogP contribution in [0.2, 0.25) is 0 Å². The Hall–Kier alpha value is -3.26. The molecule has 0 unspecified atom stereocenters. The number of aryl methyl sites for hydroxylation is 1. The Bertz CT molecular complexity index is 1030. The van der Waals surface area contributed by atoms with Crippen molar-refractivity contribution in [1.29, 1.82) is 0 Å². The lowest BCUT2D eigenvalue weighted by molar-refractivity contribution is -0.130. The number of amides is 2. The fraction of sp³-hybridized carbons (Fsp3) is 0.261. The van der Waals surface area contributed by atoms with Gasteiger partial charge in [0.25, 0.3) is 11.8 Å². The zero-order valence-corrected chi connectivity index (χ0v) is 18.8. The van der Waals surface area contributed by atoms with E-state index in [1.807, 2.05) is 44.2 Å². The lowest BCUT2D eigenvalue weighted by atomic mass is 10.2. The largest absolute Gasteiger partial charge is 0.490 e. The van der Waals surface area contributed by atoms with Gasteiger partial charge in [-0.05, 0) is 61.5 Å². The maximum atomic E-state index is 12.4. The molecule has 0 aliphatic carbocycles. The number of hydrogen-bond donors (Lipinski definition) is 1. The molecule has 2 aromatic carbocycles. The predicted molar refractivity (Wildman–Crippen MR) is 124 cm³/mol. The van der Waals surface area contributed by atoms with Crippen molar-refractivity contribution in [2.45, 2.75) is 13.8 Å². The molecule has 2 aromatic rings. The molecule has 1 heterocycles. The molecule has 1 aliphatic heterocycles. The van der Waals surface area contributed by atoms with Crippen LogP contribution in [0.4, 0.5) is 5.69 Å². The quantitative estimate of drug-likeness (QED) is 0.665. The summed E-state index contributed by atoms with van der Waals surface area (Å²) in [7, 11) is 3.34. The van der Waals surface area contributed by atoms with E-state index in [0.29, 0.717) is 28.2 Å². The zero-order chi connectivity index (χ0) is 22.4. The number of hydrogen-bond acceptors (Lipinski definition) is 6. The first-order valence-corrected chi connectivity index (χ1v) is 10.6. The number of rotatable bonds is 7. The second kappa shape index (κ2) is 10.2. The molecule has 0 saturated carbocycles. The average molecular weight is 440 g/mol. The summed E-state index contributed by atoms with van der Waals surface area (Å²) in [5.74, 6) is 0.642. The third-order valence-corrected chi connectivity index (χ3v) is 5.24. The summed E-state index contributed by atoms with van der Waals surface area (Å²) in [6.45, 7) is 4.25. The van der Waals surface area contributed by atoms with Gasteiger partial charge in [0.15, 0.2) is 23.3 Å². The molecule has 1 aliphatic rings. The smallest absolute Gasteiger partial charge is 0.264 e. The number of thioether (sulfide) groups is 1. The van der Waals surface area contributed by atoms with Crippen molar-refractivity contribution in [3.05, 3.63) is 58.5 Å². The molecule has 1 saturated heterocycles. The van der Waals surface area contributed by atoms with E-state index in [1.54, 1.807) is 32.3 Å². The van der Waals surface area contributed by atoms with Gasteiger partial charge in [-0.2, -0.15) is 0 Å². The van der Waals surface area contributed by atoms with Crippen LogP contribution in [0.5, 0.6) is 11.5 Å². The van der Waals surface area contributed by atoms with Gasteiger partial charge < -0.3 is 19.7 Å². The summed E-state index contributed by atoms with van der Waals surface area (Å²) in [5, 5.41) is 3.32. The minimum absolute atomic E-state index is 0.0788. The fourth-order valence-electron chi connectivity index (χ4n) is 2.64. The van der Waals surface area contributed by atoms with Crippen LogP contribution < -0.4 is 14.8 Å². The van der Waals surface area contributed by atoms with Gasteiger partial charge in [-0.3, -0.25) is 9.59 Å². The van der Waals surface area contributed by atoms with Crippen LogP contribution >= 0.6 is 11.8 Å². The van der Waals surface area contributed by atoms with E-state index >= 15 is 0 Å². The van der Waals surface area contributed by atoms with Gasteiger partial charge in [-0.1, -0.05) is 23.8 Å². The number of carbonyl (C=O) groups is 2. The maximum Gasteiger partial charge on any atom is 0.264 e. The number of amidine groups is 1. The molecule has 2 amide bonds. The summed E-state index contributed by atoms with van der Waals surface area (Å²) >= 11 is 1.28. The van der Waals surface area contributed by atoms with Crippen molar-refractivity contribution in [2.24, 2.45) is 4.99 Å². The first-order chi connectivity index (χ1) is 14.9. The van der Waals surface area contributed by atoms with E-state index in [-0.39, 0.29) is 18.4 Å². The van der Waals surface area contributed by atoms with Crippen molar-refractivity contribution in [3.8, 4) is 11.5 Å². The summed E-state index contributed by atoms with van der Waals surface area (Å²) in [5.41, 5.74) is 2.71. The van der Waals surface area contributed by atoms with E-state index < -0.39 is 0 Å². The summed E-state index contributed by atoms with van der Waals surface area (Å²) in [4.78, 5) is 30.6. The molecule has 0 radical (unpaired) electrons. The molecule has 31 heavy (non-hydrogen) atoms. The van der Waals surface area contributed by atoms with Crippen molar-refractivity contribution in [2.75, 3.05) is 27.3 Å². The molecule has 1 fully saturated rings. The summed E-state index contributed by atoms with van der Waals surface area (Å²) < 4.78 is 11.3. The van der Waals surface area contributed by atoms with Gasteiger partial charge in [-0.25, -0.2) is 4.99 Å². The van der Waals surface area contributed by atoms with Gasteiger partial charge >= 0.3 is 0 Å². The van der Waals surface area contributed by atoms with E-state index in [2.05, 4.69) is 10.3 Å². The molecule has 0 atom stereocenters. The van der Waals surface area contributed by atoms with E-state index in [4.69, 9.17) is 9.47 Å². The Labute approximate surface area is 186 Å². The highest BCUT2D eigenvalue weighted by Gasteiger charge is 2.24. The van der Waals surface area contributed by atoms with E-state index in [1.165, 1.54) is 16.7 Å². The highest BCUT2D eigenvalue weighted by molar-refractivity contribution is 8.18. The predicted octanol–water partition coefficient (Wildman–Crippen LogP) is 3.75. The molecule has 8 heteroatoms. The number of benzene rings is 2. The average Bonchev–Trinajstić information content (AvgIpc) is 3.07. The zero-order valence-electron chi connectivity index (χ0n) is 18.0. The lowest BCUT2D eigenvalue weighted by Gasteiger charge is -2.14. The number of likely N-dealkylation sites (N-methyl/N-ethyl adjacent to an activating group) is 1. The van der Waals surface area contributed by atoms with Crippen LogP contribution in [0.25, 0.3) is 6.08 Å². The SMILES string of the molecule is CCOc1cc(/C=C2/SC(=Nc3ccc(C)cc3)NC2=O)ccc1OCC(=O)N(C)C. The minimum Gasteiger partial charge on any atom is -0.490 e. The number of nitrogens with one attached hydrogen (secondary N) is 1. The van der Waals surface area contributed by atoms with Crippen molar-refractivity contribution in [1.82, 2.24) is 10.2 Å². The fourth-order valence-corrected chi connectivity index (χ4v) is 3.48. The summed E-state index contributed by atoms with van der Waals surface area (Å²) in [6.07, 6.45) is 1.77. The third-order valence-electron chi connectivity index (χ3n) is 4.33. The van der Waals surface area contributed by atoms with Gasteiger partial charge in [0.05, 0.1) is 17.2 Å². The normalized spacial score (nSPS) is 15.8. The Morgan fingerprint density at radius 1 is 1.13 bits per heavy atom. The van der Waals surface area contributed by atoms with Crippen molar-refractivity contribution >= 4 is 40.5 Å². The molecule has 7 nitrogen and oxygen atoms in total. The number of aliphatic imine (C=N–C) groups is 1. The second-order valence-electron chi connectivity index (χ2n) is 7.03. The van der Waals surface area contributed by atoms with Crippen molar-refractivity contribution in [3.63, 3.8) is 0 Å². The van der Waals surface area contributed by atoms with Crippen LogP contribution in [0, 0.1) is 6.92 Å². The maximum absolute atomic E-state index is 12.4. The lowest BCUT2D eigenvalue weighted by Crippen LogP contribution is -2.27. The Balaban J connectivity index is 1.77. The van der Waals surface area contributed by atoms with Crippen LogP contribution in [-0.2, 0) is 9.59 Å². The Morgan fingerprint density at radius 2 is 1.87 bits per heavy atom. The topological polar surface area (TPSA) is 80.2 Å². The second-order valence-corrected chi connectivity index (χ2v) is 8.06. The highest BCUT2D eigenvalue weighted by atomic mass is 32.2. The summed E-state index contributed by atoms with van der Waals surface area (Å²) in [6, 6.07) is 13.1. The van der Waals surface area contributed by atoms with Crippen molar-refractivity contribution < 1.29 is 19.1 Å². The van der Waals surface area contributed by atoms with Gasteiger partial charge in [0.2, 0.25) is 0 Å². The molecular formula is C23H25N3O4S. The molecular weight excluding hydrogens is 414 g/mol. The number of ether oxygens (including phenoxy) is 2. The van der Waals surface area contributed by atoms with Crippen LogP contribution in [-0.4, -0.2) is 49.2 Å². The number of carbonyl (C=O) groups excluding carboxylic acids is 2.